The van der Waals surface area contributed by atoms with E-state index in [-0.39, 0.29) is 30.3 Å². The monoisotopic (exact) mass is 601 g/mol. The van der Waals surface area contributed by atoms with Crippen LogP contribution in [-0.2, 0) is 9.53 Å². The van der Waals surface area contributed by atoms with Crippen LogP contribution in [0.25, 0.3) is 11.1 Å². The molecule has 1 aliphatic heterocycles. The summed E-state index contributed by atoms with van der Waals surface area (Å²) >= 11 is 6.25. The number of carboxylic acids is 1. The summed E-state index contributed by atoms with van der Waals surface area (Å²) in [5, 5.41) is 12.2. The van der Waals surface area contributed by atoms with E-state index >= 15 is 0 Å². The van der Waals surface area contributed by atoms with E-state index in [0.29, 0.717) is 35.2 Å². The summed E-state index contributed by atoms with van der Waals surface area (Å²) in [7, 11) is 0. The van der Waals surface area contributed by atoms with Crippen LogP contribution < -0.4 is 5.32 Å². The number of hydrogen-bond donors (Lipinski definition) is 2. The quantitative estimate of drug-likeness (QED) is 0.274. The summed E-state index contributed by atoms with van der Waals surface area (Å²) in [6.07, 6.45) is 4.33. The Morgan fingerprint density at radius 2 is 1.65 bits per heavy atom. The van der Waals surface area contributed by atoms with E-state index in [1.54, 1.807) is 12.1 Å². The van der Waals surface area contributed by atoms with Gasteiger partial charge in [0.05, 0.1) is 18.2 Å². The molecule has 1 saturated carbocycles. The van der Waals surface area contributed by atoms with Crippen molar-refractivity contribution in [2.75, 3.05) is 13.2 Å². The van der Waals surface area contributed by atoms with Crippen LogP contribution in [0.4, 0.5) is 5.69 Å². The van der Waals surface area contributed by atoms with Gasteiger partial charge in [-0.1, -0.05) is 68.8 Å². The molecule has 2 fully saturated rings. The molecule has 1 unspecified atom stereocenters. The molecular weight excluding hydrogens is 562 g/mol. The van der Waals surface area contributed by atoms with E-state index in [1.165, 1.54) is 0 Å². The molecular formula is C35H40ClN3O4. The van der Waals surface area contributed by atoms with Crippen molar-refractivity contribution < 1.29 is 19.4 Å². The Morgan fingerprint density at radius 3 is 2.30 bits per heavy atom. The van der Waals surface area contributed by atoms with Crippen LogP contribution in [0.5, 0.6) is 0 Å². The maximum atomic E-state index is 12.5. The number of hydrogen-bond acceptors (Lipinski definition) is 4. The maximum Gasteiger partial charge on any atom is 0.305 e. The van der Waals surface area contributed by atoms with Crippen molar-refractivity contribution in [1.82, 2.24) is 10.2 Å². The minimum Gasteiger partial charge on any atom is -0.481 e. The van der Waals surface area contributed by atoms with Gasteiger partial charge in [-0.3, -0.25) is 9.59 Å². The van der Waals surface area contributed by atoms with Crippen molar-refractivity contribution in [3.8, 4) is 11.1 Å². The molecule has 8 heteroatoms. The number of amides is 1. The van der Waals surface area contributed by atoms with Gasteiger partial charge >= 0.3 is 5.97 Å². The molecule has 2 N–H and O–H groups in total. The van der Waals surface area contributed by atoms with Crippen LogP contribution in [-0.4, -0.2) is 47.1 Å². The van der Waals surface area contributed by atoms with Crippen molar-refractivity contribution in [1.29, 1.82) is 0 Å². The SMILES string of the molecule is CC(C)(C)C1CCC(N2/C(=N/c3cccc(-c4cccc(Cl)c4)c3)OCC2c2ccc(C(=O)NCCC(=O)O)cc2)CC1. The number of nitrogens with one attached hydrogen (secondary N) is 1. The Hall–Kier alpha value is -3.84. The summed E-state index contributed by atoms with van der Waals surface area (Å²) in [4.78, 5) is 30.7. The van der Waals surface area contributed by atoms with E-state index in [9.17, 15) is 9.59 Å². The van der Waals surface area contributed by atoms with Crippen LogP contribution in [0.3, 0.4) is 0 Å². The third-order valence-electron chi connectivity index (χ3n) is 8.65. The first kappa shape index (κ1) is 30.6. The highest BCUT2D eigenvalue weighted by atomic mass is 35.5. The van der Waals surface area contributed by atoms with E-state index in [1.807, 2.05) is 48.5 Å². The zero-order chi connectivity index (χ0) is 30.6. The third kappa shape index (κ3) is 7.57. The first-order valence-electron chi connectivity index (χ1n) is 15.0. The Bertz CT molecular complexity index is 1470. The van der Waals surface area contributed by atoms with Crippen molar-refractivity contribution in [3.05, 3.63) is 88.9 Å². The Morgan fingerprint density at radius 1 is 0.977 bits per heavy atom. The van der Waals surface area contributed by atoms with Gasteiger partial charge in [0, 0.05) is 23.2 Å². The predicted molar refractivity (Wildman–Crippen MR) is 171 cm³/mol. The summed E-state index contributed by atoms with van der Waals surface area (Å²) in [6.45, 7) is 7.56. The summed E-state index contributed by atoms with van der Waals surface area (Å²) in [5.41, 5.74) is 4.71. The molecule has 1 aliphatic carbocycles. The molecule has 1 saturated heterocycles. The van der Waals surface area contributed by atoms with Gasteiger partial charge in [0.2, 0.25) is 0 Å². The molecule has 0 bridgehead atoms. The smallest absolute Gasteiger partial charge is 0.305 e. The minimum absolute atomic E-state index is 0.0322. The molecule has 0 aromatic heterocycles. The van der Waals surface area contributed by atoms with Gasteiger partial charge in [-0.15, -0.1) is 0 Å². The average Bonchev–Trinajstić information content (AvgIpc) is 3.40. The van der Waals surface area contributed by atoms with E-state index in [0.717, 1.165) is 48.1 Å². The van der Waals surface area contributed by atoms with Crippen LogP contribution in [0.15, 0.2) is 77.8 Å². The van der Waals surface area contributed by atoms with Crippen LogP contribution >= 0.6 is 11.6 Å². The molecule has 1 amide bonds. The number of benzene rings is 3. The van der Waals surface area contributed by atoms with Crippen LogP contribution in [0, 0.1) is 11.3 Å². The second-order valence-corrected chi connectivity index (χ2v) is 13.0. The average molecular weight is 602 g/mol. The predicted octanol–water partition coefficient (Wildman–Crippen LogP) is 7.88. The number of aliphatic carboxylic acids is 1. The molecule has 1 heterocycles. The number of rotatable bonds is 8. The normalized spacial score (nSPS) is 21.4. The topological polar surface area (TPSA) is 91.2 Å². The number of carbonyl (C=O) groups is 2. The Labute approximate surface area is 258 Å². The van der Waals surface area contributed by atoms with Gasteiger partial charge in [0.25, 0.3) is 11.9 Å². The molecule has 1 atom stereocenters. The fraction of sp³-hybridized carbons (Fsp3) is 0.400. The molecule has 3 aromatic carbocycles. The molecule has 226 valence electrons. The number of ether oxygens (including phenoxy) is 1. The van der Waals surface area contributed by atoms with Crippen molar-refractivity contribution >= 4 is 35.2 Å². The highest BCUT2D eigenvalue weighted by molar-refractivity contribution is 6.30. The lowest BCUT2D eigenvalue weighted by atomic mass is 9.71. The number of carbonyl (C=O) groups excluding carboxylic acids is 1. The third-order valence-corrected chi connectivity index (χ3v) is 8.89. The molecule has 2 aliphatic rings. The fourth-order valence-corrected chi connectivity index (χ4v) is 6.38. The highest BCUT2D eigenvalue weighted by Crippen LogP contribution is 2.42. The molecule has 5 rings (SSSR count). The fourth-order valence-electron chi connectivity index (χ4n) is 6.19. The molecule has 43 heavy (non-hydrogen) atoms. The molecule has 0 spiro atoms. The Kier molecular flexibility index (Phi) is 9.40. The molecule has 3 aromatic rings. The number of carboxylic acid groups (broad SMARTS) is 1. The number of nitrogens with zero attached hydrogens (tertiary/aromatic N) is 2. The van der Waals surface area contributed by atoms with E-state index in [2.05, 4.69) is 43.1 Å². The largest absolute Gasteiger partial charge is 0.481 e. The summed E-state index contributed by atoms with van der Waals surface area (Å²) < 4.78 is 6.32. The van der Waals surface area contributed by atoms with Crippen LogP contribution in [0.1, 0.15) is 74.8 Å². The first-order valence-corrected chi connectivity index (χ1v) is 15.4. The van der Waals surface area contributed by atoms with Gasteiger partial charge in [-0.2, -0.15) is 4.99 Å². The van der Waals surface area contributed by atoms with Gasteiger partial charge in [0.15, 0.2) is 0 Å². The minimum atomic E-state index is -0.942. The molecule has 0 radical (unpaired) electrons. The summed E-state index contributed by atoms with van der Waals surface area (Å²) in [5.74, 6) is -0.545. The first-order chi connectivity index (χ1) is 20.6. The van der Waals surface area contributed by atoms with E-state index in [4.69, 9.17) is 26.4 Å². The number of halogens is 1. The number of aliphatic imine (C=N–C) groups is 1. The van der Waals surface area contributed by atoms with Crippen molar-refractivity contribution in [3.63, 3.8) is 0 Å². The lowest BCUT2D eigenvalue weighted by molar-refractivity contribution is -0.136. The standard InChI is InChI=1S/C35H40ClN3O4/c1-35(2,3)27-14-16-30(17-15-27)39-31(23-10-12-24(13-11-23)33(42)37-19-18-32(40)41)22-43-34(39)38-29-9-5-7-26(21-29)25-6-4-8-28(36)20-25/h4-13,20-21,27,30-31H,14-19,22H2,1-3H3,(H,37,42)(H,40,41)/b38-34-. The maximum absolute atomic E-state index is 12.5. The number of amidine groups is 1. The summed E-state index contributed by atoms with van der Waals surface area (Å²) in [6, 6.07) is 24.3. The zero-order valence-corrected chi connectivity index (χ0v) is 25.8. The zero-order valence-electron chi connectivity index (χ0n) is 25.1. The highest BCUT2D eigenvalue weighted by Gasteiger charge is 2.40. The van der Waals surface area contributed by atoms with Crippen molar-refractivity contribution in [2.24, 2.45) is 16.3 Å². The van der Waals surface area contributed by atoms with Gasteiger partial charge in [0.1, 0.15) is 6.61 Å². The van der Waals surface area contributed by atoms with Gasteiger partial charge in [-0.25, -0.2) is 0 Å². The second-order valence-electron chi connectivity index (χ2n) is 12.6. The van der Waals surface area contributed by atoms with Crippen molar-refractivity contribution in [2.45, 2.75) is 65.0 Å². The van der Waals surface area contributed by atoms with Gasteiger partial charge < -0.3 is 20.1 Å². The Balaban J connectivity index is 1.40. The lowest BCUT2D eigenvalue weighted by Crippen LogP contribution is -2.42. The van der Waals surface area contributed by atoms with Gasteiger partial charge in [-0.05, 0) is 90.1 Å². The second kappa shape index (κ2) is 13.2. The lowest BCUT2D eigenvalue weighted by Gasteiger charge is -2.41. The molecule has 7 nitrogen and oxygen atoms in total. The van der Waals surface area contributed by atoms with Crippen LogP contribution in [0.2, 0.25) is 5.02 Å². The van der Waals surface area contributed by atoms with E-state index < -0.39 is 5.97 Å².